The van der Waals surface area contributed by atoms with E-state index in [9.17, 15) is 9.59 Å². The number of halogens is 1. The molecule has 0 radical (unpaired) electrons. The summed E-state index contributed by atoms with van der Waals surface area (Å²) >= 11 is 3.39. The third-order valence-electron chi connectivity index (χ3n) is 3.63. The molecule has 27 heavy (non-hydrogen) atoms. The molecule has 2 rings (SSSR count). The number of anilines is 1. The van der Waals surface area contributed by atoms with E-state index in [-0.39, 0.29) is 0 Å². The average Bonchev–Trinajstić information content (AvgIpc) is 2.67. The Balaban J connectivity index is 1.95. The van der Waals surface area contributed by atoms with Gasteiger partial charge in [0.05, 0.1) is 12.8 Å². The number of hydrogen-bond donors (Lipinski definition) is 2. The van der Waals surface area contributed by atoms with Crippen LogP contribution < -0.4 is 15.5 Å². The summed E-state index contributed by atoms with van der Waals surface area (Å²) in [6.07, 6.45) is 3.22. The van der Waals surface area contributed by atoms with Crippen molar-refractivity contribution in [3.8, 4) is 5.75 Å². The summed E-state index contributed by atoms with van der Waals surface area (Å²) in [4.78, 5) is 23.8. The molecule has 2 aromatic carbocycles. The largest absolute Gasteiger partial charge is 0.493 e. The number of aryl methyl sites for hydroxylation is 1. The average molecular weight is 432 g/mol. The minimum Gasteiger partial charge on any atom is -0.493 e. The minimum atomic E-state index is -0.850. The van der Waals surface area contributed by atoms with Crippen molar-refractivity contribution in [2.24, 2.45) is 5.10 Å². The highest BCUT2D eigenvalue weighted by atomic mass is 79.9. The van der Waals surface area contributed by atoms with Gasteiger partial charge in [-0.15, -0.1) is 0 Å². The summed E-state index contributed by atoms with van der Waals surface area (Å²) < 4.78 is 6.49. The number of ether oxygens (including phenoxy) is 1. The lowest BCUT2D eigenvalue weighted by Crippen LogP contribution is -2.32. The fourth-order valence-electron chi connectivity index (χ4n) is 2.19. The van der Waals surface area contributed by atoms with Gasteiger partial charge in [0.2, 0.25) is 0 Å². The van der Waals surface area contributed by atoms with E-state index in [4.69, 9.17) is 4.74 Å². The van der Waals surface area contributed by atoms with Gasteiger partial charge in [-0.2, -0.15) is 5.10 Å². The molecule has 2 N–H and O–H groups in total. The zero-order valence-electron chi connectivity index (χ0n) is 15.3. The van der Waals surface area contributed by atoms with Gasteiger partial charge >= 0.3 is 11.8 Å². The number of rotatable bonds is 7. The quantitative estimate of drug-likeness (QED) is 0.396. The zero-order chi connectivity index (χ0) is 19.6. The summed E-state index contributed by atoms with van der Waals surface area (Å²) in [7, 11) is 0. The number of nitrogens with one attached hydrogen (secondary N) is 2. The third kappa shape index (κ3) is 6.53. The van der Waals surface area contributed by atoms with Crippen LogP contribution in [0.1, 0.15) is 31.4 Å². The first-order valence-electron chi connectivity index (χ1n) is 8.69. The van der Waals surface area contributed by atoms with E-state index in [1.54, 1.807) is 12.1 Å². The SMILES string of the molecule is CCCOc1ccc(Br)cc1/C=N\NC(=O)C(=O)Nc1ccc(CC)cc1. The van der Waals surface area contributed by atoms with Gasteiger partial charge in [-0.05, 0) is 48.7 Å². The molecule has 0 aromatic heterocycles. The maximum atomic E-state index is 11.9. The normalized spacial score (nSPS) is 10.6. The lowest BCUT2D eigenvalue weighted by Gasteiger charge is -2.08. The van der Waals surface area contributed by atoms with Crippen molar-refractivity contribution in [2.45, 2.75) is 26.7 Å². The van der Waals surface area contributed by atoms with Crippen LogP contribution in [0.5, 0.6) is 5.75 Å². The predicted octanol–water partition coefficient (Wildman–Crippen LogP) is 3.89. The Morgan fingerprint density at radius 1 is 1.11 bits per heavy atom. The topological polar surface area (TPSA) is 79.8 Å². The lowest BCUT2D eigenvalue weighted by molar-refractivity contribution is -0.136. The Labute approximate surface area is 167 Å². The maximum Gasteiger partial charge on any atom is 0.329 e. The molecule has 0 aliphatic rings. The van der Waals surface area contributed by atoms with E-state index >= 15 is 0 Å². The highest BCUT2D eigenvalue weighted by Crippen LogP contribution is 2.22. The molecule has 7 heteroatoms. The Morgan fingerprint density at radius 3 is 2.52 bits per heavy atom. The zero-order valence-corrected chi connectivity index (χ0v) is 16.9. The van der Waals surface area contributed by atoms with Gasteiger partial charge in [0.1, 0.15) is 5.75 Å². The molecule has 0 spiro atoms. The van der Waals surface area contributed by atoms with Crippen LogP contribution in [-0.4, -0.2) is 24.6 Å². The Bertz CT molecular complexity index is 820. The summed E-state index contributed by atoms with van der Waals surface area (Å²) in [5.41, 5.74) is 4.62. The van der Waals surface area contributed by atoms with Crippen LogP contribution in [0.2, 0.25) is 0 Å². The van der Waals surface area contributed by atoms with Crippen molar-refractivity contribution in [3.63, 3.8) is 0 Å². The summed E-state index contributed by atoms with van der Waals surface area (Å²) in [6, 6.07) is 12.8. The highest BCUT2D eigenvalue weighted by Gasteiger charge is 2.13. The first kappa shape index (κ1) is 20.6. The Morgan fingerprint density at radius 2 is 1.85 bits per heavy atom. The first-order chi connectivity index (χ1) is 13.0. The van der Waals surface area contributed by atoms with E-state index in [1.807, 2.05) is 44.2 Å². The second-order valence-electron chi connectivity index (χ2n) is 5.73. The Hall–Kier alpha value is -2.67. The van der Waals surface area contributed by atoms with Crippen LogP contribution in [-0.2, 0) is 16.0 Å². The van der Waals surface area contributed by atoms with Gasteiger partial charge < -0.3 is 10.1 Å². The van der Waals surface area contributed by atoms with Crippen molar-refractivity contribution in [3.05, 3.63) is 58.1 Å². The molecule has 142 valence electrons. The number of benzene rings is 2. The fraction of sp³-hybridized carbons (Fsp3) is 0.250. The van der Waals surface area contributed by atoms with Crippen LogP contribution in [0.4, 0.5) is 5.69 Å². The standard InChI is InChI=1S/C20H22BrN3O3/c1-3-11-27-18-10-7-16(21)12-15(18)13-22-24-20(26)19(25)23-17-8-5-14(4-2)6-9-17/h5-10,12-13H,3-4,11H2,1-2H3,(H,23,25)(H,24,26)/b22-13-. The molecule has 2 aromatic rings. The number of carbonyl (C=O) groups excluding carboxylic acids is 2. The van der Waals surface area contributed by atoms with E-state index in [2.05, 4.69) is 31.8 Å². The monoisotopic (exact) mass is 431 g/mol. The molecular weight excluding hydrogens is 410 g/mol. The molecule has 2 amide bonds. The molecule has 0 saturated heterocycles. The van der Waals surface area contributed by atoms with Gasteiger partial charge in [-0.1, -0.05) is 41.9 Å². The molecule has 0 saturated carbocycles. The van der Waals surface area contributed by atoms with Crippen molar-refractivity contribution in [1.29, 1.82) is 0 Å². The van der Waals surface area contributed by atoms with Crippen molar-refractivity contribution in [1.82, 2.24) is 5.43 Å². The number of hydrazone groups is 1. The number of carbonyl (C=O) groups is 2. The molecular formula is C20H22BrN3O3. The second kappa shape index (κ2) is 10.5. The molecule has 0 aliphatic carbocycles. The van der Waals surface area contributed by atoms with Crippen LogP contribution in [0.15, 0.2) is 52.0 Å². The van der Waals surface area contributed by atoms with E-state index in [1.165, 1.54) is 6.21 Å². The highest BCUT2D eigenvalue weighted by molar-refractivity contribution is 9.10. The first-order valence-corrected chi connectivity index (χ1v) is 9.48. The molecule has 0 atom stereocenters. The van der Waals surface area contributed by atoms with Gasteiger partial charge in [-0.3, -0.25) is 9.59 Å². The summed E-state index contributed by atoms with van der Waals surface area (Å²) in [5.74, 6) is -0.983. The Kier molecular flexibility index (Phi) is 8.00. The number of hydrogen-bond acceptors (Lipinski definition) is 4. The predicted molar refractivity (Wildman–Crippen MR) is 110 cm³/mol. The fourth-order valence-corrected chi connectivity index (χ4v) is 2.57. The van der Waals surface area contributed by atoms with Gasteiger partial charge in [0.25, 0.3) is 0 Å². The van der Waals surface area contributed by atoms with Crippen molar-refractivity contribution in [2.75, 3.05) is 11.9 Å². The number of amides is 2. The van der Waals surface area contributed by atoms with Crippen LogP contribution in [0.25, 0.3) is 0 Å². The van der Waals surface area contributed by atoms with Gasteiger partial charge in [0, 0.05) is 15.7 Å². The maximum absolute atomic E-state index is 11.9. The van der Waals surface area contributed by atoms with Gasteiger partial charge in [-0.25, -0.2) is 5.43 Å². The summed E-state index contributed by atoms with van der Waals surface area (Å²) in [6.45, 7) is 4.64. The molecule has 6 nitrogen and oxygen atoms in total. The van der Waals surface area contributed by atoms with Crippen molar-refractivity contribution < 1.29 is 14.3 Å². The number of nitrogens with zero attached hydrogens (tertiary/aromatic N) is 1. The molecule has 0 aliphatic heterocycles. The van der Waals surface area contributed by atoms with Crippen LogP contribution in [0.3, 0.4) is 0 Å². The molecule has 0 unspecified atom stereocenters. The summed E-state index contributed by atoms with van der Waals surface area (Å²) in [5, 5.41) is 6.39. The smallest absolute Gasteiger partial charge is 0.329 e. The molecule has 0 bridgehead atoms. The van der Waals surface area contributed by atoms with E-state index in [0.717, 1.165) is 22.9 Å². The van der Waals surface area contributed by atoms with Crippen LogP contribution in [0, 0.1) is 0 Å². The molecule has 0 fully saturated rings. The third-order valence-corrected chi connectivity index (χ3v) is 4.12. The van der Waals surface area contributed by atoms with E-state index < -0.39 is 11.8 Å². The van der Waals surface area contributed by atoms with Crippen LogP contribution >= 0.6 is 15.9 Å². The molecule has 0 heterocycles. The van der Waals surface area contributed by atoms with Gasteiger partial charge in [0.15, 0.2) is 0 Å². The lowest BCUT2D eigenvalue weighted by atomic mass is 10.1. The van der Waals surface area contributed by atoms with E-state index in [0.29, 0.717) is 23.6 Å². The minimum absolute atomic E-state index is 0.554. The van der Waals surface area contributed by atoms with Crippen molar-refractivity contribution >= 4 is 39.6 Å². The second-order valence-corrected chi connectivity index (χ2v) is 6.65.